The molecule has 0 spiro atoms. The van der Waals surface area contributed by atoms with Crippen molar-refractivity contribution in [3.05, 3.63) is 0 Å². The standard InChI is InChI=1S/C12H24N2O3/c1-10(2,11(3,4)13)9(15)14-7-12(16)5-6-17-8-12/h16H,5-8,13H2,1-4H3,(H,14,15). The number of aliphatic hydroxyl groups is 1. The van der Waals surface area contributed by atoms with E-state index < -0.39 is 16.6 Å². The Balaban J connectivity index is 2.55. The number of carbonyl (C=O) groups excluding carboxylic acids is 1. The Morgan fingerprint density at radius 1 is 1.47 bits per heavy atom. The maximum absolute atomic E-state index is 12.1. The van der Waals surface area contributed by atoms with E-state index in [4.69, 9.17) is 10.5 Å². The van der Waals surface area contributed by atoms with E-state index in [-0.39, 0.29) is 19.1 Å². The van der Waals surface area contributed by atoms with Crippen LogP contribution in [0, 0.1) is 5.41 Å². The van der Waals surface area contributed by atoms with E-state index in [0.29, 0.717) is 13.0 Å². The molecule has 0 radical (unpaired) electrons. The van der Waals surface area contributed by atoms with Crippen LogP contribution >= 0.6 is 0 Å². The van der Waals surface area contributed by atoms with Crippen molar-refractivity contribution in [3.8, 4) is 0 Å². The number of carbonyl (C=O) groups is 1. The first-order valence-corrected chi connectivity index (χ1v) is 5.96. The molecule has 17 heavy (non-hydrogen) atoms. The van der Waals surface area contributed by atoms with Gasteiger partial charge in [-0.1, -0.05) is 0 Å². The molecule has 5 nitrogen and oxygen atoms in total. The van der Waals surface area contributed by atoms with E-state index in [1.54, 1.807) is 13.8 Å². The molecule has 1 heterocycles. The number of ether oxygens (including phenoxy) is 1. The number of rotatable bonds is 4. The molecular formula is C12H24N2O3. The highest BCUT2D eigenvalue weighted by Gasteiger charge is 2.41. The SMILES string of the molecule is CC(C)(N)C(C)(C)C(=O)NCC1(O)CCOC1. The summed E-state index contributed by atoms with van der Waals surface area (Å²) in [6, 6.07) is 0. The van der Waals surface area contributed by atoms with Crippen LogP contribution in [-0.2, 0) is 9.53 Å². The average molecular weight is 244 g/mol. The van der Waals surface area contributed by atoms with Crippen molar-refractivity contribution in [2.24, 2.45) is 11.1 Å². The molecule has 1 aliphatic heterocycles. The molecule has 1 aliphatic rings. The first-order valence-electron chi connectivity index (χ1n) is 5.96. The van der Waals surface area contributed by atoms with Crippen molar-refractivity contribution in [1.82, 2.24) is 5.32 Å². The van der Waals surface area contributed by atoms with Crippen LogP contribution in [0.1, 0.15) is 34.1 Å². The lowest BCUT2D eigenvalue weighted by atomic mass is 9.74. The minimum absolute atomic E-state index is 0.148. The third-order valence-electron chi connectivity index (χ3n) is 3.84. The van der Waals surface area contributed by atoms with Gasteiger partial charge in [0.25, 0.3) is 0 Å². The van der Waals surface area contributed by atoms with E-state index in [1.807, 2.05) is 13.8 Å². The predicted octanol–water partition coefficient (Wildman–Crippen LogP) is 0.0175. The summed E-state index contributed by atoms with van der Waals surface area (Å²) in [4.78, 5) is 12.1. The molecule has 100 valence electrons. The van der Waals surface area contributed by atoms with Crippen molar-refractivity contribution >= 4 is 5.91 Å². The lowest BCUT2D eigenvalue weighted by Gasteiger charge is -2.37. The summed E-state index contributed by atoms with van der Waals surface area (Å²) in [7, 11) is 0. The van der Waals surface area contributed by atoms with Crippen molar-refractivity contribution in [2.75, 3.05) is 19.8 Å². The van der Waals surface area contributed by atoms with Crippen LogP contribution < -0.4 is 11.1 Å². The number of hydrogen-bond donors (Lipinski definition) is 3. The number of nitrogens with one attached hydrogen (secondary N) is 1. The predicted molar refractivity (Wildman–Crippen MR) is 65.4 cm³/mol. The van der Waals surface area contributed by atoms with E-state index in [0.717, 1.165) is 0 Å². The van der Waals surface area contributed by atoms with Gasteiger partial charge in [0.2, 0.25) is 5.91 Å². The Hall–Kier alpha value is -0.650. The molecule has 1 atom stereocenters. The van der Waals surface area contributed by atoms with E-state index in [9.17, 15) is 9.90 Å². The molecule has 0 aliphatic carbocycles. The molecule has 1 saturated heterocycles. The second kappa shape index (κ2) is 4.55. The Morgan fingerprint density at radius 3 is 2.47 bits per heavy atom. The summed E-state index contributed by atoms with van der Waals surface area (Å²) in [5.41, 5.74) is 3.75. The van der Waals surface area contributed by atoms with Crippen LogP contribution in [0.3, 0.4) is 0 Å². The van der Waals surface area contributed by atoms with Crippen LogP contribution in [-0.4, -0.2) is 41.9 Å². The second-order valence-electron chi connectivity index (χ2n) is 6.06. The van der Waals surface area contributed by atoms with Gasteiger partial charge in [-0.3, -0.25) is 4.79 Å². The fourth-order valence-corrected chi connectivity index (χ4v) is 1.49. The minimum Gasteiger partial charge on any atom is -0.386 e. The topological polar surface area (TPSA) is 84.6 Å². The van der Waals surface area contributed by atoms with Gasteiger partial charge in [-0.05, 0) is 27.7 Å². The van der Waals surface area contributed by atoms with Crippen molar-refractivity contribution in [1.29, 1.82) is 0 Å². The Kier molecular flexibility index (Phi) is 3.86. The monoisotopic (exact) mass is 244 g/mol. The maximum atomic E-state index is 12.1. The van der Waals surface area contributed by atoms with Gasteiger partial charge in [-0.25, -0.2) is 0 Å². The lowest BCUT2D eigenvalue weighted by molar-refractivity contribution is -0.133. The highest BCUT2D eigenvalue weighted by Crippen LogP contribution is 2.28. The summed E-state index contributed by atoms with van der Waals surface area (Å²) < 4.78 is 5.12. The summed E-state index contributed by atoms with van der Waals surface area (Å²) in [6.07, 6.45) is 0.555. The molecule has 5 heteroatoms. The fourth-order valence-electron chi connectivity index (χ4n) is 1.49. The van der Waals surface area contributed by atoms with Crippen LogP contribution in [0.5, 0.6) is 0 Å². The number of hydrogen-bond acceptors (Lipinski definition) is 4. The molecule has 1 amide bonds. The Morgan fingerprint density at radius 2 is 2.06 bits per heavy atom. The largest absolute Gasteiger partial charge is 0.386 e. The van der Waals surface area contributed by atoms with Gasteiger partial charge in [0, 0.05) is 25.1 Å². The molecule has 4 N–H and O–H groups in total. The second-order valence-corrected chi connectivity index (χ2v) is 6.06. The summed E-state index contributed by atoms with van der Waals surface area (Å²) in [5.74, 6) is -0.148. The van der Waals surface area contributed by atoms with Gasteiger partial charge in [0.1, 0.15) is 5.60 Å². The third-order valence-corrected chi connectivity index (χ3v) is 3.84. The molecule has 1 fully saturated rings. The Labute approximate surface area is 103 Å². The highest BCUT2D eigenvalue weighted by atomic mass is 16.5. The molecule has 1 rings (SSSR count). The molecule has 0 aromatic heterocycles. The first-order chi connectivity index (χ1) is 7.58. The van der Waals surface area contributed by atoms with Crippen LogP contribution in [0.2, 0.25) is 0 Å². The van der Waals surface area contributed by atoms with E-state index in [1.165, 1.54) is 0 Å². The van der Waals surface area contributed by atoms with E-state index >= 15 is 0 Å². The van der Waals surface area contributed by atoms with Crippen molar-refractivity contribution in [3.63, 3.8) is 0 Å². The minimum atomic E-state index is -0.926. The number of nitrogens with two attached hydrogens (primary N) is 1. The highest BCUT2D eigenvalue weighted by molar-refractivity contribution is 5.83. The fraction of sp³-hybridized carbons (Fsp3) is 0.917. The van der Waals surface area contributed by atoms with Gasteiger partial charge in [-0.2, -0.15) is 0 Å². The average Bonchev–Trinajstić information content (AvgIpc) is 2.60. The zero-order valence-corrected chi connectivity index (χ0v) is 11.2. The molecule has 1 unspecified atom stereocenters. The Bertz CT molecular complexity index is 289. The molecule has 0 aromatic carbocycles. The number of amides is 1. The quantitative estimate of drug-likeness (QED) is 0.651. The van der Waals surface area contributed by atoms with Crippen molar-refractivity contribution < 1.29 is 14.6 Å². The zero-order valence-electron chi connectivity index (χ0n) is 11.2. The summed E-state index contributed by atoms with van der Waals surface area (Å²) in [5, 5.41) is 12.8. The van der Waals surface area contributed by atoms with Gasteiger partial charge >= 0.3 is 0 Å². The summed E-state index contributed by atoms with van der Waals surface area (Å²) in [6.45, 7) is 8.28. The van der Waals surface area contributed by atoms with Crippen LogP contribution in [0.4, 0.5) is 0 Å². The van der Waals surface area contributed by atoms with E-state index in [2.05, 4.69) is 5.32 Å². The molecule has 0 saturated carbocycles. The van der Waals surface area contributed by atoms with Gasteiger partial charge < -0.3 is 20.9 Å². The maximum Gasteiger partial charge on any atom is 0.227 e. The van der Waals surface area contributed by atoms with Crippen molar-refractivity contribution in [2.45, 2.75) is 45.3 Å². The third kappa shape index (κ3) is 3.18. The van der Waals surface area contributed by atoms with Crippen LogP contribution in [0.15, 0.2) is 0 Å². The smallest absolute Gasteiger partial charge is 0.227 e. The van der Waals surface area contributed by atoms with Crippen LogP contribution in [0.25, 0.3) is 0 Å². The zero-order chi connectivity index (χ0) is 13.3. The van der Waals surface area contributed by atoms with Gasteiger partial charge in [-0.15, -0.1) is 0 Å². The normalized spacial score (nSPS) is 26.0. The summed E-state index contributed by atoms with van der Waals surface area (Å²) >= 11 is 0. The lowest BCUT2D eigenvalue weighted by Crippen LogP contribution is -2.57. The molecule has 0 aromatic rings. The van der Waals surface area contributed by atoms with Gasteiger partial charge in [0.15, 0.2) is 0 Å². The van der Waals surface area contributed by atoms with Gasteiger partial charge in [0.05, 0.1) is 12.0 Å². The molecule has 0 bridgehead atoms. The molecular weight excluding hydrogens is 220 g/mol. The first kappa shape index (κ1) is 14.4.